The molecule has 0 aliphatic carbocycles. The molecule has 0 aliphatic rings. The molecule has 0 heterocycles. The number of ether oxygens (including phenoxy) is 1. The highest BCUT2D eigenvalue weighted by Crippen LogP contribution is 2.19. The molecule has 6 heteroatoms. The van der Waals surface area contributed by atoms with Gasteiger partial charge in [-0.1, -0.05) is 58.4 Å². The number of hydrazone groups is 1. The maximum Gasteiger partial charge on any atom is 0.343 e. The van der Waals surface area contributed by atoms with E-state index in [1.54, 1.807) is 54.7 Å². The molecule has 1 N–H and O–H groups in total. The van der Waals surface area contributed by atoms with Crippen LogP contribution in [-0.4, -0.2) is 18.1 Å². The molecule has 1 amide bonds. The average Bonchev–Trinajstić information content (AvgIpc) is 2.81. The molecule has 0 bridgehead atoms. The van der Waals surface area contributed by atoms with E-state index >= 15 is 0 Å². The molecule has 0 fully saturated rings. The highest BCUT2D eigenvalue weighted by molar-refractivity contribution is 9.10. The Labute approximate surface area is 193 Å². The van der Waals surface area contributed by atoms with Crippen molar-refractivity contribution >= 4 is 44.8 Å². The largest absolute Gasteiger partial charge is 0.423 e. The number of fused-ring (bicyclic) bond motifs is 1. The first kappa shape index (κ1) is 21.5. The first-order valence-electron chi connectivity index (χ1n) is 9.95. The van der Waals surface area contributed by atoms with Gasteiger partial charge < -0.3 is 4.74 Å². The van der Waals surface area contributed by atoms with Crippen molar-refractivity contribution in [2.24, 2.45) is 5.10 Å². The third-order valence-electron chi connectivity index (χ3n) is 4.80. The molecule has 0 unspecified atom stereocenters. The van der Waals surface area contributed by atoms with E-state index in [2.05, 4.69) is 26.5 Å². The number of esters is 1. The van der Waals surface area contributed by atoms with Crippen molar-refractivity contribution in [3.63, 3.8) is 0 Å². The van der Waals surface area contributed by atoms with Crippen LogP contribution in [-0.2, 0) is 11.2 Å². The van der Waals surface area contributed by atoms with Gasteiger partial charge in [-0.2, -0.15) is 5.10 Å². The fourth-order valence-corrected chi connectivity index (χ4v) is 3.48. The normalized spacial score (nSPS) is 10.9. The molecule has 0 saturated carbocycles. The molecule has 4 aromatic rings. The Morgan fingerprint density at radius 2 is 1.59 bits per heavy atom. The van der Waals surface area contributed by atoms with Gasteiger partial charge in [-0.05, 0) is 70.4 Å². The summed E-state index contributed by atoms with van der Waals surface area (Å²) in [5.74, 6) is -0.202. The van der Waals surface area contributed by atoms with E-state index < -0.39 is 5.97 Å². The fourth-order valence-electron chi connectivity index (χ4n) is 3.21. The van der Waals surface area contributed by atoms with Crippen molar-refractivity contribution in [3.05, 3.63) is 112 Å². The van der Waals surface area contributed by atoms with Crippen molar-refractivity contribution in [2.45, 2.75) is 6.42 Å². The molecular formula is C26H19BrN2O3. The van der Waals surface area contributed by atoms with Crippen LogP contribution in [0.5, 0.6) is 5.75 Å². The summed E-state index contributed by atoms with van der Waals surface area (Å²) >= 11 is 3.33. The molecule has 0 aromatic heterocycles. The first-order chi connectivity index (χ1) is 15.6. The Hall–Kier alpha value is -3.77. The van der Waals surface area contributed by atoms with Crippen molar-refractivity contribution in [1.82, 2.24) is 5.43 Å². The van der Waals surface area contributed by atoms with E-state index in [1.807, 2.05) is 42.5 Å². The lowest BCUT2D eigenvalue weighted by Crippen LogP contribution is -2.19. The second-order valence-electron chi connectivity index (χ2n) is 7.07. The summed E-state index contributed by atoms with van der Waals surface area (Å²) in [4.78, 5) is 24.5. The SMILES string of the molecule is O=C(Cc1cccc2ccccc12)N/N=C/c1ccc(OC(=O)c2ccc(Br)cc2)cc1. The molecule has 32 heavy (non-hydrogen) atoms. The summed E-state index contributed by atoms with van der Waals surface area (Å²) < 4.78 is 6.26. The number of nitrogens with one attached hydrogen (secondary N) is 1. The van der Waals surface area contributed by atoms with Gasteiger partial charge in [0.2, 0.25) is 5.91 Å². The van der Waals surface area contributed by atoms with E-state index in [0.717, 1.165) is 26.4 Å². The quantitative estimate of drug-likeness (QED) is 0.169. The Morgan fingerprint density at radius 1 is 0.875 bits per heavy atom. The number of amides is 1. The third-order valence-corrected chi connectivity index (χ3v) is 5.33. The number of carbonyl (C=O) groups is 2. The summed E-state index contributed by atoms with van der Waals surface area (Å²) in [6.45, 7) is 0. The second-order valence-corrected chi connectivity index (χ2v) is 7.99. The maximum absolute atomic E-state index is 12.3. The molecule has 0 atom stereocenters. The molecule has 0 aliphatic heterocycles. The van der Waals surface area contributed by atoms with Crippen molar-refractivity contribution in [3.8, 4) is 5.75 Å². The monoisotopic (exact) mass is 486 g/mol. The summed E-state index contributed by atoms with van der Waals surface area (Å²) in [5.41, 5.74) is 4.74. The number of benzene rings is 4. The van der Waals surface area contributed by atoms with Gasteiger partial charge in [0.15, 0.2) is 0 Å². The van der Waals surface area contributed by atoms with E-state index in [4.69, 9.17) is 4.74 Å². The molecule has 0 spiro atoms. The van der Waals surface area contributed by atoms with Crippen LogP contribution in [0, 0.1) is 0 Å². The first-order valence-corrected chi connectivity index (χ1v) is 10.7. The van der Waals surface area contributed by atoms with Crippen LogP contribution in [0.1, 0.15) is 21.5 Å². The molecule has 4 rings (SSSR count). The van der Waals surface area contributed by atoms with Gasteiger partial charge >= 0.3 is 5.97 Å². The fraction of sp³-hybridized carbons (Fsp3) is 0.0385. The lowest BCUT2D eigenvalue weighted by Gasteiger charge is -2.06. The number of rotatable bonds is 6. The number of hydrogen-bond acceptors (Lipinski definition) is 4. The summed E-state index contributed by atoms with van der Waals surface area (Å²) in [6, 6.07) is 27.7. The van der Waals surface area contributed by atoms with Gasteiger partial charge in [-0.3, -0.25) is 4.79 Å². The van der Waals surface area contributed by atoms with Gasteiger partial charge in [-0.15, -0.1) is 0 Å². The van der Waals surface area contributed by atoms with Crippen LogP contribution in [0.2, 0.25) is 0 Å². The number of hydrogen-bond donors (Lipinski definition) is 1. The van der Waals surface area contributed by atoms with Gasteiger partial charge in [0.1, 0.15) is 5.75 Å². The predicted molar refractivity (Wildman–Crippen MR) is 129 cm³/mol. The zero-order valence-corrected chi connectivity index (χ0v) is 18.6. The minimum absolute atomic E-state index is 0.197. The highest BCUT2D eigenvalue weighted by Gasteiger charge is 2.08. The van der Waals surface area contributed by atoms with Crippen molar-refractivity contribution in [2.75, 3.05) is 0 Å². The summed E-state index contributed by atoms with van der Waals surface area (Å²) in [7, 11) is 0. The Kier molecular flexibility index (Phi) is 6.72. The van der Waals surface area contributed by atoms with Gasteiger partial charge in [0, 0.05) is 4.47 Å². The Bertz CT molecular complexity index is 1280. The van der Waals surface area contributed by atoms with Gasteiger partial charge in [0.05, 0.1) is 18.2 Å². The Morgan fingerprint density at radius 3 is 2.38 bits per heavy atom. The van der Waals surface area contributed by atoms with Crippen LogP contribution in [0.25, 0.3) is 10.8 Å². The van der Waals surface area contributed by atoms with Crippen LogP contribution >= 0.6 is 15.9 Å². The van der Waals surface area contributed by atoms with E-state index in [-0.39, 0.29) is 12.3 Å². The number of halogens is 1. The minimum Gasteiger partial charge on any atom is -0.423 e. The van der Waals surface area contributed by atoms with Crippen LogP contribution in [0.15, 0.2) is 101 Å². The van der Waals surface area contributed by atoms with Crippen LogP contribution in [0.3, 0.4) is 0 Å². The number of nitrogens with zero attached hydrogens (tertiary/aromatic N) is 1. The second kappa shape index (κ2) is 10.0. The smallest absolute Gasteiger partial charge is 0.343 e. The third kappa shape index (κ3) is 5.47. The average molecular weight is 487 g/mol. The molecule has 0 radical (unpaired) electrons. The molecule has 158 valence electrons. The van der Waals surface area contributed by atoms with Crippen LogP contribution < -0.4 is 10.2 Å². The maximum atomic E-state index is 12.3. The lowest BCUT2D eigenvalue weighted by molar-refractivity contribution is -0.120. The number of carbonyl (C=O) groups excluding carboxylic acids is 2. The standard InChI is InChI=1S/C26H19BrN2O3/c27-22-12-10-20(11-13-22)26(31)32-23-14-8-18(9-15-23)17-28-29-25(30)16-21-6-3-5-19-4-1-2-7-24(19)21/h1-15,17H,16H2,(H,29,30)/b28-17+. The zero-order valence-electron chi connectivity index (χ0n) is 17.0. The molecule has 4 aromatic carbocycles. The molecular weight excluding hydrogens is 468 g/mol. The zero-order chi connectivity index (χ0) is 22.3. The van der Waals surface area contributed by atoms with Crippen LogP contribution in [0.4, 0.5) is 0 Å². The summed E-state index contributed by atoms with van der Waals surface area (Å²) in [5, 5.41) is 6.18. The van der Waals surface area contributed by atoms with E-state index in [9.17, 15) is 9.59 Å². The minimum atomic E-state index is -0.431. The highest BCUT2D eigenvalue weighted by atomic mass is 79.9. The van der Waals surface area contributed by atoms with Gasteiger partial charge in [-0.25, -0.2) is 10.2 Å². The summed E-state index contributed by atoms with van der Waals surface area (Å²) in [6.07, 6.45) is 1.78. The van der Waals surface area contributed by atoms with Crippen molar-refractivity contribution < 1.29 is 14.3 Å². The van der Waals surface area contributed by atoms with E-state index in [0.29, 0.717) is 11.3 Å². The van der Waals surface area contributed by atoms with Gasteiger partial charge in [0.25, 0.3) is 0 Å². The lowest BCUT2D eigenvalue weighted by atomic mass is 10.0. The Balaban J connectivity index is 1.32. The van der Waals surface area contributed by atoms with E-state index in [1.165, 1.54) is 0 Å². The molecule has 5 nitrogen and oxygen atoms in total. The molecule has 0 saturated heterocycles. The van der Waals surface area contributed by atoms with Crippen molar-refractivity contribution in [1.29, 1.82) is 0 Å². The predicted octanol–water partition coefficient (Wildman–Crippen LogP) is 5.51. The topological polar surface area (TPSA) is 67.8 Å².